The molecule has 2 aromatic carbocycles. The van der Waals surface area contributed by atoms with Crippen LogP contribution in [0.15, 0.2) is 48.5 Å². The standard InChI is InChI=1S/C19H20FNO2/c1-2-23-18-8-4-3-6-16(18)19(22)21-13-5-7-17(21)14-9-11-15(20)12-10-14/h3-4,6,8-12,17H,2,5,7,13H2,1H3. The van der Waals surface area contributed by atoms with Crippen molar-refractivity contribution in [1.82, 2.24) is 4.90 Å². The molecule has 0 radical (unpaired) electrons. The first-order valence-corrected chi connectivity index (χ1v) is 7.99. The highest BCUT2D eigenvalue weighted by atomic mass is 19.1. The van der Waals surface area contributed by atoms with Crippen LogP contribution in [-0.4, -0.2) is 24.0 Å². The summed E-state index contributed by atoms with van der Waals surface area (Å²) in [6.07, 6.45) is 1.85. The molecule has 0 bridgehead atoms. The molecule has 1 heterocycles. The summed E-state index contributed by atoms with van der Waals surface area (Å²) in [5.74, 6) is 0.331. The van der Waals surface area contributed by atoms with Crippen molar-refractivity contribution in [3.05, 3.63) is 65.5 Å². The number of hydrogen-bond acceptors (Lipinski definition) is 2. The number of rotatable bonds is 4. The predicted molar refractivity (Wildman–Crippen MR) is 87.0 cm³/mol. The summed E-state index contributed by atoms with van der Waals surface area (Å²) in [7, 11) is 0. The Bertz CT molecular complexity index is 684. The van der Waals surface area contributed by atoms with Crippen molar-refractivity contribution < 1.29 is 13.9 Å². The number of likely N-dealkylation sites (tertiary alicyclic amines) is 1. The third-order valence-corrected chi connectivity index (χ3v) is 4.19. The fourth-order valence-electron chi connectivity index (χ4n) is 3.12. The molecule has 4 heteroatoms. The first-order chi connectivity index (χ1) is 11.2. The van der Waals surface area contributed by atoms with Crippen LogP contribution in [0.5, 0.6) is 5.75 Å². The number of amides is 1. The van der Waals surface area contributed by atoms with E-state index in [1.54, 1.807) is 18.2 Å². The molecule has 3 rings (SSSR count). The van der Waals surface area contributed by atoms with Gasteiger partial charge in [-0.25, -0.2) is 4.39 Å². The van der Waals surface area contributed by atoms with Crippen molar-refractivity contribution in [2.24, 2.45) is 0 Å². The topological polar surface area (TPSA) is 29.5 Å². The molecule has 1 amide bonds. The van der Waals surface area contributed by atoms with Crippen LogP contribution in [0.1, 0.15) is 41.7 Å². The van der Waals surface area contributed by atoms with Crippen LogP contribution in [-0.2, 0) is 0 Å². The molecule has 3 nitrogen and oxygen atoms in total. The van der Waals surface area contributed by atoms with Gasteiger partial charge in [0.2, 0.25) is 0 Å². The molecule has 1 saturated heterocycles. The highest BCUT2D eigenvalue weighted by molar-refractivity contribution is 5.97. The van der Waals surface area contributed by atoms with Crippen LogP contribution in [0.2, 0.25) is 0 Å². The Hall–Kier alpha value is -2.36. The molecule has 1 aliphatic heterocycles. The van der Waals surface area contributed by atoms with Crippen LogP contribution < -0.4 is 4.74 Å². The monoisotopic (exact) mass is 313 g/mol. The van der Waals surface area contributed by atoms with Gasteiger partial charge in [0.05, 0.1) is 18.2 Å². The van der Waals surface area contributed by atoms with Crippen LogP contribution in [0.25, 0.3) is 0 Å². The average molecular weight is 313 g/mol. The van der Waals surface area contributed by atoms with Crippen LogP contribution in [0.4, 0.5) is 4.39 Å². The molecule has 120 valence electrons. The SMILES string of the molecule is CCOc1ccccc1C(=O)N1CCCC1c1ccc(F)cc1. The van der Waals surface area contributed by atoms with E-state index in [2.05, 4.69) is 0 Å². The molecule has 0 aliphatic carbocycles. The zero-order valence-corrected chi connectivity index (χ0v) is 13.2. The minimum atomic E-state index is -0.258. The van der Waals surface area contributed by atoms with E-state index >= 15 is 0 Å². The first kappa shape index (κ1) is 15.5. The Labute approximate surface area is 135 Å². The maximum atomic E-state index is 13.1. The van der Waals surface area contributed by atoms with E-state index in [0.29, 0.717) is 24.5 Å². The van der Waals surface area contributed by atoms with Gasteiger partial charge in [0, 0.05) is 6.54 Å². The van der Waals surface area contributed by atoms with E-state index < -0.39 is 0 Å². The second-order valence-corrected chi connectivity index (χ2v) is 5.64. The molecule has 2 aromatic rings. The van der Waals surface area contributed by atoms with Gasteiger partial charge in [0.25, 0.3) is 5.91 Å². The molecule has 1 aliphatic rings. The maximum Gasteiger partial charge on any atom is 0.258 e. The van der Waals surface area contributed by atoms with Gasteiger partial charge in [-0.2, -0.15) is 0 Å². The zero-order valence-electron chi connectivity index (χ0n) is 13.2. The summed E-state index contributed by atoms with van der Waals surface area (Å²) in [6, 6.07) is 13.8. The van der Waals surface area contributed by atoms with Crippen molar-refractivity contribution in [2.45, 2.75) is 25.8 Å². The Morgan fingerprint density at radius 2 is 1.96 bits per heavy atom. The van der Waals surface area contributed by atoms with Gasteiger partial charge in [-0.15, -0.1) is 0 Å². The first-order valence-electron chi connectivity index (χ1n) is 7.99. The molecular formula is C19H20FNO2. The number of halogens is 1. The lowest BCUT2D eigenvalue weighted by atomic mass is 10.0. The van der Waals surface area contributed by atoms with Crippen molar-refractivity contribution in [2.75, 3.05) is 13.2 Å². The molecule has 23 heavy (non-hydrogen) atoms. The third kappa shape index (κ3) is 3.21. The number of para-hydroxylation sites is 1. The van der Waals surface area contributed by atoms with Crippen molar-refractivity contribution >= 4 is 5.91 Å². The summed E-state index contributed by atoms with van der Waals surface area (Å²) >= 11 is 0. The highest BCUT2D eigenvalue weighted by Crippen LogP contribution is 2.34. The number of carbonyl (C=O) groups is 1. The van der Waals surface area contributed by atoms with E-state index in [1.165, 1.54) is 12.1 Å². The molecular weight excluding hydrogens is 293 g/mol. The minimum Gasteiger partial charge on any atom is -0.493 e. The van der Waals surface area contributed by atoms with Gasteiger partial charge in [-0.3, -0.25) is 4.79 Å². The predicted octanol–water partition coefficient (Wildman–Crippen LogP) is 4.20. The Balaban J connectivity index is 1.88. The summed E-state index contributed by atoms with van der Waals surface area (Å²) in [4.78, 5) is 14.8. The zero-order chi connectivity index (χ0) is 16.2. The van der Waals surface area contributed by atoms with Crippen molar-refractivity contribution in [3.63, 3.8) is 0 Å². The van der Waals surface area contributed by atoms with E-state index in [1.807, 2.05) is 30.0 Å². The summed E-state index contributed by atoms with van der Waals surface area (Å²) < 4.78 is 18.7. The van der Waals surface area contributed by atoms with Crippen molar-refractivity contribution in [1.29, 1.82) is 0 Å². The van der Waals surface area contributed by atoms with E-state index in [-0.39, 0.29) is 17.8 Å². The fourth-order valence-corrected chi connectivity index (χ4v) is 3.12. The number of carbonyl (C=O) groups excluding carboxylic acids is 1. The van der Waals surface area contributed by atoms with Gasteiger partial charge in [0.1, 0.15) is 11.6 Å². The number of benzene rings is 2. The van der Waals surface area contributed by atoms with Gasteiger partial charge in [0.15, 0.2) is 0 Å². The largest absolute Gasteiger partial charge is 0.493 e. The smallest absolute Gasteiger partial charge is 0.258 e. The lowest BCUT2D eigenvalue weighted by Crippen LogP contribution is -2.30. The summed E-state index contributed by atoms with van der Waals surface area (Å²) in [5.41, 5.74) is 1.56. The molecule has 0 aromatic heterocycles. The van der Waals surface area contributed by atoms with Crippen LogP contribution >= 0.6 is 0 Å². The highest BCUT2D eigenvalue weighted by Gasteiger charge is 2.31. The van der Waals surface area contributed by atoms with Crippen LogP contribution in [0, 0.1) is 5.82 Å². The Kier molecular flexibility index (Phi) is 4.60. The number of hydrogen-bond donors (Lipinski definition) is 0. The van der Waals surface area contributed by atoms with Gasteiger partial charge in [-0.1, -0.05) is 24.3 Å². The molecule has 1 unspecified atom stereocenters. The van der Waals surface area contributed by atoms with Crippen LogP contribution in [0.3, 0.4) is 0 Å². The summed E-state index contributed by atoms with van der Waals surface area (Å²) in [5, 5.41) is 0. The number of ether oxygens (including phenoxy) is 1. The maximum absolute atomic E-state index is 13.1. The summed E-state index contributed by atoms with van der Waals surface area (Å²) in [6.45, 7) is 3.13. The lowest BCUT2D eigenvalue weighted by Gasteiger charge is -2.26. The van der Waals surface area contributed by atoms with E-state index in [9.17, 15) is 9.18 Å². The van der Waals surface area contributed by atoms with Gasteiger partial charge >= 0.3 is 0 Å². The normalized spacial score (nSPS) is 17.3. The Morgan fingerprint density at radius 1 is 1.22 bits per heavy atom. The van der Waals surface area contributed by atoms with Gasteiger partial charge in [-0.05, 0) is 49.6 Å². The molecule has 0 N–H and O–H groups in total. The lowest BCUT2D eigenvalue weighted by molar-refractivity contribution is 0.0731. The minimum absolute atomic E-state index is 0.00205. The molecule has 0 saturated carbocycles. The number of nitrogens with zero attached hydrogens (tertiary/aromatic N) is 1. The fraction of sp³-hybridized carbons (Fsp3) is 0.316. The van der Waals surface area contributed by atoms with E-state index in [4.69, 9.17) is 4.74 Å². The second-order valence-electron chi connectivity index (χ2n) is 5.64. The Morgan fingerprint density at radius 3 is 2.70 bits per heavy atom. The molecule has 1 fully saturated rings. The van der Waals surface area contributed by atoms with Gasteiger partial charge < -0.3 is 9.64 Å². The molecule has 0 spiro atoms. The second kappa shape index (κ2) is 6.82. The quantitative estimate of drug-likeness (QED) is 0.846. The van der Waals surface area contributed by atoms with E-state index in [0.717, 1.165) is 18.4 Å². The average Bonchev–Trinajstić information content (AvgIpc) is 3.05. The third-order valence-electron chi connectivity index (χ3n) is 4.19. The van der Waals surface area contributed by atoms with Crippen molar-refractivity contribution in [3.8, 4) is 5.75 Å². The molecule has 1 atom stereocenters.